The van der Waals surface area contributed by atoms with Gasteiger partial charge in [0.25, 0.3) is 0 Å². The summed E-state index contributed by atoms with van der Waals surface area (Å²) >= 11 is 6.74. The lowest BCUT2D eigenvalue weighted by Gasteiger charge is -2.03. The Kier molecular flexibility index (Phi) is 5.33. The monoisotopic (exact) mass is 361 g/mol. The molecule has 0 bridgehead atoms. The molecule has 0 aliphatic rings. The molecule has 0 unspecified atom stereocenters. The van der Waals surface area contributed by atoms with Crippen LogP contribution in [0.25, 0.3) is 6.08 Å². The van der Waals surface area contributed by atoms with Gasteiger partial charge >= 0.3 is 0 Å². The highest BCUT2D eigenvalue weighted by molar-refractivity contribution is 9.13. The predicted molar refractivity (Wildman–Crippen MR) is 76.3 cm³/mol. The van der Waals surface area contributed by atoms with E-state index in [0.29, 0.717) is 6.42 Å². The molecule has 0 aliphatic carbocycles. The highest BCUT2D eigenvalue weighted by atomic mass is 79.9. The van der Waals surface area contributed by atoms with Gasteiger partial charge in [0.15, 0.2) is 0 Å². The first-order valence-corrected chi connectivity index (χ1v) is 6.78. The number of hydrogen-bond donors (Lipinski definition) is 0. The van der Waals surface area contributed by atoms with Gasteiger partial charge in [0.2, 0.25) is 5.70 Å². The van der Waals surface area contributed by atoms with Crippen molar-refractivity contribution in [3.05, 3.63) is 48.5 Å². The lowest BCUT2D eigenvalue weighted by molar-refractivity contribution is -0.427. The molecule has 0 amide bonds. The van der Waals surface area contributed by atoms with Crippen LogP contribution in [0.3, 0.4) is 0 Å². The molecule has 1 rings (SSSR count). The van der Waals surface area contributed by atoms with Gasteiger partial charge in [-0.05, 0) is 55.5 Å². The maximum atomic E-state index is 10.9. The molecule has 0 heterocycles. The Morgan fingerprint density at radius 3 is 2.53 bits per heavy atom. The Hall–Kier alpha value is -0.680. The third kappa shape index (κ3) is 4.60. The Balaban J connectivity index is 3.04. The molecule has 5 heteroatoms. The largest absolute Gasteiger partial charge is 0.259 e. The Morgan fingerprint density at radius 1 is 1.41 bits per heavy atom. The van der Waals surface area contributed by atoms with Crippen molar-refractivity contribution in [3.63, 3.8) is 0 Å². The molecule has 1 aromatic carbocycles. The molecule has 92 valence electrons. The third-order valence-electron chi connectivity index (χ3n) is 2.13. The molecule has 0 aliphatic heterocycles. The van der Waals surface area contributed by atoms with E-state index in [0.717, 1.165) is 14.5 Å². The molecular weight excluding hydrogens is 350 g/mol. The van der Waals surface area contributed by atoms with Crippen LogP contribution in [0.2, 0.25) is 0 Å². The first kappa shape index (κ1) is 14.4. The molecule has 0 fully saturated rings. The van der Waals surface area contributed by atoms with Gasteiger partial charge in [-0.3, -0.25) is 10.1 Å². The Labute approximate surface area is 117 Å². The van der Waals surface area contributed by atoms with E-state index >= 15 is 0 Å². The lowest BCUT2D eigenvalue weighted by atomic mass is 10.1. The van der Waals surface area contributed by atoms with Crippen LogP contribution >= 0.6 is 31.9 Å². The molecule has 1 aromatic rings. The summed E-state index contributed by atoms with van der Waals surface area (Å²) in [4.78, 5) is 10.6. The van der Waals surface area contributed by atoms with Crippen molar-refractivity contribution in [2.24, 2.45) is 5.92 Å². The van der Waals surface area contributed by atoms with Crippen molar-refractivity contribution in [1.29, 1.82) is 0 Å². The second-order valence-electron chi connectivity index (χ2n) is 4.16. The average Bonchev–Trinajstić information content (AvgIpc) is 2.21. The minimum absolute atomic E-state index is 0.245. The first-order valence-electron chi connectivity index (χ1n) is 5.20. The summed E-state index contributed by atoms with van der Waals surface area (Å²) in [5.41, 5.74) is 1.07. The molecule has 17 heavy (non-hydrogen) atoms. The number of allylic oxidation sites excluding steroid dienone is 1. The van der Waals surface area contributed by atoms with Gasteiger partial charge in [-0.2, -0.15) is 0 Å². The molecule has 3 nitrogen and oxygen atoms in total. The highest BCUT2D eigenvalue weighted by Gasteiger charge is 2.13. The zero-order chi connectivity index (χ0) is 13.0. The SMILES string of the molecule is CC(C)C/C(=C/c1ccc(Br)c(Br)c1)[N+](=O)[O-]. The molecule has 0 radical (unpaired) electrons. The summed E-state index contributed by atoms with van der Waals surface area (Å²) in [5, 5.41) is 10.9. The van der Waals surface area contributed by atoms with Crippen LogP contribution in [0.4, 0.5) is 0 Å². The Morgan fingerprint density at radius 2 is 2.06 bits per heavy atom. The van der Waals surface area contributed by atoms with E-state index in [-0.39, 0.29) is 16.5 Å². The third-order valence-corrected chi connectivity index (χ3v) is 4.01. The quantitative estimate of drug-likeness (QED) is 0.566. The van der Waals surface area contributed by atoms with Gasteiger partial charge < -0.3 is 0 Å². The van der Waals surface area contributed by atoms with Crippen LogP contribution in [0.15, 0.2) is 32.8 Å². The standard InChI is InChI=1S/C12H13Br2NO2/c1-8(2)5-10(15(16)17)6-9-3-4-11(13)12(14)7-9/h3-4,6-8H,5H2,1-2H3/b10-6-. The van der Waals surface area contributed by atoms with Crippen molar-refractivity contribution in [1.82, 2.24) is 0 Å². The number of halogens is 2. The van der Waals surface area contributed by atoms with Crippen molar-refractivity contribution in [3.8, 4) is 0 Å². The second-order valence-corrected chi connectivity index (χ2v) is 5.87. The van der Waals surface area contributed by atoms with Crippen LogP contribution in [0.1, 0.15) is 25.8 Å². The summed E-state index contributed by atoms with van der Waals surface area (Å²) in [6, 6.07) is 5.56. The van der Waals surface area contributed by atoms with E-state index in [4.69, 9.17) is 0 Å². The molecule has 0 atom stereocenters. The number of nitrogens with zero attached hydrogens (tertiary/aromatic N) is 1. The summed E-state index contributed by atoms with van der Waals surface area (Å²) in [6.45, 7) is 3.93. The van der Waals surface area contributed by atoms with Crippen LogP contribution in [-0.2, 0) is 0 Å². The van der Waals surface area contributed by atoms with Crippen molar-refractivity contribution in [2.45, 2.75) is 20.3 Å². The zero-order valence-corrected chi connectivity index (χ0v) is 12.8. The predicted octanol–water partition coefficient (Wildman–Crippen LogP) is 4.88. The van der Waals surface area contributed by atoms with Crippen LogP contribution in [-0.4, -0.2) is 4.92 Å². The summed E-state index contributed by atoms with van der Waals surface area (Å²) in [7, 11) is 0. The zero-order valence-electron chi connectivity index (χ0n) is 9.61. The van der Waals surface area contributed by atoms with Gasteiger partial charge in [-0.1, -0.05) is 19.9 Å². The smallest absolute Gasteiger partial charge is 0.247 e. The van der Waals surface area contributed by atoms with E-state index < -0.39 is 0 Å². The van der Waals surface area contributed by atoms with E-state index in [1.165, 1.54) is 0 Å². The summed E-state index contributed by atoms with van der Waals surface area (Å²) in [6.07, 6.45) is 2.10. The molecule has 0 N–H and O–H groups in total. The Bertz CT molecular complexity index is 456. The number of hydrogen-bond acceptors (Lipinski definition) is 2. The lowest BCUT2D eigenvalue weighted by Crippen LogP contribution is -2.02. The van der Waals surface area contributed by atoms with Crippen LogP contribution in [0.5, 0.6) is 0 Å². The fraction of sp³-hybridized carbons (Fsp3) is 0.333. The second kappa shape index (κ2) is 6.31. The topological polar surface area (TPSA) is 43.1 Å². The molecule has 0 spiro atoms. The van der Waals surface area contributed by atoms with Gasteiger partial charge in [0, 0.05) is 21.4 Å². The molecular formula is C12H13Br2NO2. The number of benzene rings is 1. The van der Waals surface area contributed by atoms with Crippen LogP contribution in [0, 0.1) is 16.0 Å². The maximum Gasteiger partial charge on any atom is 0.247 e. The number of rotatable bonds is 4. The van der Waals surface area contributed by atoms with E-state index in [1.54, 1.807) is 6.08 Å². The summed E-state index contributed by atoms with van der Waals surface area (Å²) in [5.74, 6) is 0.269. The molecule has 0 aromatic heterocycles. The van der Waals surface area contributed by atoms with E-state index in [1.807, 2.05) is 32.0 Å². The fourth-order valence-corrected chi connectivity index (χ4v) is 2.04. The van der Waals surface area contributed by atoms with Crippen molar-refractivity contribution >= 4 is 37.9 Å². The summed E-state index contributed by atoms with van der Waals surface area (Å²) < 4.78 is 1.82. The minimum Gasteiger partial charge on any atom is -0.259 e. The average molecular weight is 363 g/mol. The first-order chi connectivity index (χ1) is 7.90. The fourth-order valence-electron chi connectivity index (χ4n) is 1.40. The maximum absolute atomic E-state index is 10.9. The van der Waals surface area contributed by atoms with Crippen molar-refractivity contribution < 1.29 is 4.92 Å². The normalized spacial score (nSPS) is 11.9. The van der Waals surface area contributed by atoms with Crippen LogP contribution < -0.4 is 0 Å². The van der Waals surface area contributed by atoms with Gasteiger partial charge in [0.05, 0.1) is 4.92 Å². The molecule has 0 saturated heterocycles. The number of nitro groups is 1. The van der Waals surface area contributed by atoms with Gasteiger partial charge in [0.1, 0.15) is 0 Å². The van der Waals surface area contributed by atoms with Gasteiger partial charge in [-0.15, -0.1) is 0 Å². The highest BCUT2D eigenvalue weighted by Crippen LogP contribution is 2.25. The van der Waals surface area contributed by atoms with E-state index in [2.05, 4.69) is 31.9 Å². The van der Waals surface area contributed by atoms with Crippen molar-refractivity contribution in [2.75, 3.05) is 0 Å². The van der Waals surface area contributed by atoms with E-state index in [9.17, 15) is 10.1 Å². The minimum atomic E-state index is -0.310. The van der Waals surface area contributed by atoms with Gasteiger partial charge in [-0.25, -0.2) is 0 Å². The molecule has 0 saturated carbocycles.